The Kier molecular flexibility index (Phi) is 6.50. The van der Waals surface area contributed by atoms with E-state index in [1.807, 2.05) is 42.2 Å². The fourth-order valence-corrected chi connectivity index (χ4v) is 2.93. The number of likely N-dealkylation sites (tertiary alicyclic amines) is 1. The summed E-state index contributed by atoms with van der Waals surface area (Å²) in [6.45, 7) is 4.99. The van der Waals surface area contributed by atoms with Crippen molar-refractivity contribution < 1.29 is 4.79 Å². The van der Waals surface area contributed by atoms with Crippen LogP contribution in [0.15, 0.2) is 30.3 Å². The third-order valence-corrected chi connectivity index (χ3v) is 4.24. The van der Waals surface area contributed by atoms with Crippen LogP contribution in [0.3, 0.4) is 0 Å². The van der Waals surface area contributed by atoms with Gasteiger partial charge in [-0.2, -0.15) is 0 Å². The Labute approximate surface area is 127 Å². The van der Waals surface area contributed by atoms with Crippen molar-refractivity contribution in [1.82, 2.24) is 4.90 Å². The van der Waals surface area contributed by atoms with Gasteiger partial charge in [0, 0.05) is 18.6 Å². The molecule has 1 saturated heterocycles. The molecule has 2 rings (SSSR count). The summed E-state index contributed by atoms with van der Waals surface area (Å²) in [5, 5.41) is 0. The minimum Gasteiger partial charge on any atom is -0.339 e. The molecule has 0 aliphatic carbocycles. The van der Waals surface area contributed by atoms with Crippen LogP contribution in [0, 0.1) is 5.92 Å². The molecule has 0 saturated carbocycles. The topological polar surface area (TPSA) is 46.3 Å². The number of nitrogens with zero attached hydrogens (tertiary/aromatic N) is 1. The molecule has 1 aromatic rings. The van der Waals surface area contributed by atoms with E-state index >= 15 is 0 Å². The first-order valence-electron chi connectivity index (χ1n) is 7.26. The maximum absolute atomic E-state index is 12.6. The van der Waals surface area contributed by atoms with Gasteiger partial charge in [-0.15, -0.1) is 12.4 Å². The molecule has 3 atom stereocenters. The van der Waals surface area contributed by atoms with Crippen molar-refractivity contribution in [3.05, 3.63) is 35.9 Å². The van der Waals surface area contributed by atoms with E-state index in [1.165, 1.54) is 0 Å². The Balaban J connectivity index is 0.00000200. The van der Waals surface area contributed by atoms with Gasteiger partial charge in [-0.3, -0.25) is 4.79 Å². The van der Waals surface area contributed by atoms with Crippen LogP contribution in [0.4, 0.5) is 0 Å². The summed E-state index contributed by atoms with van der Waals surface area (Å²) in [6, 6.07) is 10.1. The van der Waals surface area contributed by atoms with Crippen molar-refractivity contribution in [3.8, 4) is 0 Å². The molecular weight excluding hydrogens is 272 g/mol. The predicted molar refractivity (Wildman–Crippen MR) is 84.8 cm³/mol. The first kappa shape index (κ1) is 17.0. The Hall–Kier alpha value is -1.06. The second-order valence-electron chi connectivity index (χ2n) is 5.46. The SMILES string of the molecule is CCC1CCCN1C(=O)C(C)C(N)c1ccccc1.Cl. The molecule has 0 spiro atoms. The highest BCUT2D eigenvalue weighted by Gasteiger charge is 2.32. The fraction of sp³-hybridized carbons (Fsp3) is 0.562. The van der Waals surface area contributed by atoms with Gasteiger partial charge in [-0.05, 0) is 24.8 Å². The van der Waals surface area contributed by atoms with Crippen molar-refractivity contribution >= 4 is 18.3 Å². The molecule has 112 valence electrons. The van der Waals surface area contributed by atoms with Crippen LogP contribution in [0.2, 0.25) is 0 Å². The van der Waals surface area contributed by atoms with Crippen LogP contribution in [0.25, 0.3) is 0 Å². The van der Waals surface area contributed by atoms with Gasteiger partial charge in [-0.1, -0.05) is 44.2 Å². The van der Waals surface area contributed by atoms with Crippen LogP contribution in [0.1, 0.15) is 44.7 Å². The van der Waals surface area contributed by atoms with Gasteiger partial charge in [0.2, 0.25) is 5.91 Å². The lowest BCUT2D eigenvalue weighted by molar-refractivity contribution is -0.136. The van der Waals surface area contributed by atoms with Crippen molar-refractivity contribution in [2.75, 3.05) is 6.54 Å². The first-order chi connectivity index (χ1) is 9.15. The maximum atomic E-state index is 12.6. The minimum atomic E-state index is -0.216. The van der Waals surface area contributed by atoms with Crippen molar-refractivity contribution in [2.45, 2.75) is 45.2 Å². The van der Waals surface area contributed by atoms with E-state index in [0.29, 0.717) is 6.04 Å². The smallest absolute Gasteiger partial charge is 0.227 e. The van der Waals surface area contributed by atoms with E-state index in [9.17, 15) is 4.79 Å². The van der Waals surface area contributed by atoms with Gasteiger partial charge in [0.15, 0.2) is 0 Å². The Morgan fingerprint density at radius 2 is 2.05 bits per heavy atom. The highest BCUT2D eigenvalue weighted by molar-refractivity contribution is 5.85. The third kappa shape index (κ3) is 3.53. The van der Waals surface area contributed by atoms with E-state index in [2.05, 4.69) is 6.92 Å². The molecular formula is C16H25ClN2O. The minimum absolute atomic E-state index is 0. The summed E-state index contributed by atoms with van der Waals surface area (Å²) in [6.07, 6.45) is 3.30. The van der Waals surface area contributed by atoms with E-state index in [4.69, 9.17) is 5.73 Å². The molecule has 3 nitrogen and oxygen atoms in total. The second kappa shape index (κ2) is 7.65. The van der Waals surface area contributed by atoms with Crippen molar-refractivity contribution in [2.24, 2.45) is 11.7 Å². The third-order valence-electron chi connectivity index (χ3n) is 4.24. The molecule has 0 bridgehead atoms. The normalized spacial score (nSPS) is 21.1. The van der Waals surface area contributed by atoms with Crippen molar-refractivity contribution in [1.29, 1.82) is 0 Å². The van der Waals surface area contributed by atoms with Gasteiger partial charge in [0.25, 0.3) is 0 Å². The molecule has 1 aliphatic rings. The van der Waals surface area contributed by atoms with Gasteiger partial charge < -0.3 is 10.6 Å². The highest BCUT2D eigenvalue weighted by atomic mass is 35.5. The monoisotopic (exact) mass is 296 g/mol. The second-order valence-corrected chi connectivity index (χ2v) is 5.46. The Morgan fingerprint density at radius 1 is 1.40 bits per heavy atom. The Bertz CT molecular complexity index is 424. The van der Waals surface area contributed by atoms with E-state index in [1.54, 1.807) is 0 Å². The summed E-state index contributed by atoms with van der Waals surface area (Å²) in [5.41, 5.74) is 7.28. The zero-order chi connectivity index (χ0) is 13.8. The molecule has 1 aliphatic heterocycles. The molecule has 1 aromatic carbocycles. The molecule has 1 heterocycles. The number of amides is 1. The van der Waals surface area contributed by atoms with Gasteiger partial charge in [0.1, 0.15) is 0 Å². The standard InChI is InChI=1S/C16H24N2O.ClH/c1-3-14-10-7-11-18(14)16(19)12(2)15(17)13-8-5-4-6-9-13;/h4-6,8-9,12,14-15H,3,7,10-11,17H2,1-2H3;1H. The van der Waals surface area contributed by atoms with E-state index in [0.717, 1.165) is 31.4 Å². The molecule has 1 amide bonds. The van der Waals surface area contributed by atoms with E-state index in [-0.39, 0.29) is 30.3 Å². The number of nitrogens with two attached hydrogens (primary N) is 1. The number of carbonyl (C=O) groups is 1. The van der Waals surface area contributed by atoms with E-state index < -0.39 is 0 Å². The summed E-state index contributed by atoms with van der Waals surface area (Å²) < 4.78 is 0. The van der Waals surface area contributed by atoms with Crippen LogP contribution < -0.4 is 5.73 Å². The zero-order valence-electron chi connectivity index (χ0n) is 12.3. The number of benzene rings is 1. The molecule has 4 heteroatoms. The van der Waals surface area contributed by atoms with Crippen LogP contribution in [-0.4, -0.2) is 23.4 Å². The number of rotatable bonds is 4. The lowest BCUT2D eigenvalue weighted by Gasteiger charge is -2.29. The van der Waals surface area contributed by atoms with Gasteiger partial charge in [0.05, 0.1) is 5.92 Å². The quantitative estimate of drug-likeness (QED) is 0.928. The summed E-state index contributed by atoms with van der Waals surface area (Å²) >= 11 is 0. The average molecular weight is 297 g/mol. The molecule has 1 fully saturated rings. The molecule has 20 heavy (non-hydrogen) atoms. The van der Waals surface area contributed by atoms with Crippen LogP contribution in [-0.2, 0) is 4.79 Å². The fourth-order valence-electron chi connectivity index (χ4n) is 2.93. The largest absolute Gasteiger partial charge is 0.339 e. The van der Waals surface area contributed by atoms with Crippen molar-refractivity contribution in [3.63, 3.8) is 0 Å². The molecule has 3 unspecified atom stereocenters. The first-order valence-corrected chi connectivity index (χ1v) is 7.26. The summed E-state index contributed by atoms with van der Waals surface area (Å²) in [7, 11) is 0. The summed E-state index contributed by atoms with van der Waals surface area (Å²) in [5.74, 6) is 0.0512. The maximum Gasteiger partial charge on any atom is 0.227 e. The number of hydrogen-bond acceptors (Lipinski definition) is 2. The zero-order valence-corrected chi connectivity index (χ0v) is 13.1. The predicted octanol–water partition coefficient (Wildman–Crippen LogP) is 3.15. The lowest BCUT2D eigenvalue weighted by Crippen LogP contribution is -2.41. The number of halogens is 1. The number of hydrogen-bond donors (Lipinski definition) is 1. The molecule has 0 aromatic heterocycles. The molecule has 0 radical (unpaired) electrons. The summed E-state index contributed by atoms with van der Waals surface area (Å²) in [4.78, 5) is 14.6. The van der Waals surface area contributed by atoms with Crippen LogP contribution >= 0.6 is 12.4 Å². The lowest BCUT2D eigenvalue weighted by atomic mass is 9.94. The highest BCUT2D eigenvalue weighted by Crippen LogP contribution is 2.26. The number of carbonyl (C=O) groups excluding carboxylic acids is 1. The Morgan fingerprint density at radius 3 is 2.65 bits per heavy atom. The van der Waals surface area contributed by atoms with Crippen LogP contribution in [0.5, 0.6) is 0 Å². The average Bonchev–Trinajstić information content (AvgIpc) is 2.94. The van der Waals surface area contributed by atoms with Gasteiger partial charge >= 0.3 is 0 Å². The van der Waals surface area contributed by atoms with Gasteiger partial charge in [-0.25, -0.2) is 0 Å². The molecule has 2 N–H and O–H groups in total.